The van der Waals surface area contributed by atoms with E-state index in [1.165, 1.54) is 16.8 Å². The molecule has 0 radical (unpaired) electrons. The highest BCUT2D eigenvalue weighted by Crippen LogP contribution is 2.25. The van der Waals surface area contributed by atoms with E-state index in [1.54, 1.807) is 42.3 Å². The first-order valence-electron chi connectivity index (χ1n) is 7.75. The number of halogens is 2. The topological polar surface area (TPSA) is 74.8 Å². The van der Waals surface area contributed by atoms with Crippen molar-refractivity contribution in [2.45, 2.75) is 6.43 Å². The van der Waals surface area contributed by atoms with E-state index in [2.05, 4.69) is 15.1 Å². The van der Waals surface area contributed by atoms with Gasteiger partial charge in [0.25, 0.3) is 12.0 Å². The number of hydrogen-bond acceptors (Lipinski definition) is 5. The van der Waals surface area contributed by atoms with Crippen molar-refractivity contribution in [3.8, 4) is 11.6 Å². The van der Waals surface area contributed by atoms with E-state index in [1.807, 2.05) is 0 Å². The van der Waals surface area contributed by atoms with Crippen LogP contribution >= 0.6 is 0 Å². The van der Waals surface area contributed by atoms with Crippen molar-refractivity contribution in [2.75, 3.05) is 6.61 Å². The molecular weight excluding hydrogens is 344 g/mol. The molecule has 9 heteroatoms. The van der Waals surface area contributed by atoms with E-state index in [0.29, 0.717) is 16.5 Å². The fourth-order valence-electron chi connectivity index (χ4n) is 2.81. The molecule has 4 aromatic rings. The third-order valence-corrected chi connectivity index (χ3v) is 3.85. The van der Waals surface area contributed by atoms with Gasteiger partial charge in [-0.15, -0.1) is 0 Å². The molecule has 0 saturated heterocycles. The van der Waals surface area contributed by atoms with Gasteiger partial charge in [-0.2, -0.15) is 10.1 Å². The number of aromatic nitrogens is 5. The number of fused-ring (bicyclic) bond motifs is 3. The van der Waals surface area contributed by atoms with Gasteiger partial charge in [0.1, 0.15) is 0 Å². The second-order valence-electron chi connectivity index (χ2n) is 5.64. The largest absolute Gasteiger partial charge is 0.472 e. The Morgan fingerprint density at radius 1 is 1.23 bits per heavy atom. The lowest BCUT2D eigenvalue weighted by Gasteiger charge is -2.11. The molecule has 4 heterocycles. The molecule has 0 aliphatic carbocycles. The molecule has 7 nitrogen and oxygen atoms in total. The second-order valence-corrected chi connectivity index (χ2v) is 5.64. The lowest BCUT2D eigenvalue weighted by molar-refractivity contribution is 0.0797. The van der Waals surface area contributed by atoms with Gasteiger partial charge in [-0.3, -0.25) is 19.0 Å². The van der Waals surface area contributed by atoms with Gasteiger partial charge in [-0.05, 0) is 18.2 Å². The van der Waals surface area contributed by atoms with Crippen LogP contribution in [0.5, 0.6) is 5.88 Å². The lowest BCUT2D eigenvalue weighted by atomic mass is 10.2. The zero-order chi connectivity index (χ0) is 18.3. The molecule has 0 spiro atoms. The lowest BCUT2D eigenvalue weighted by Crippen LogP contribution is -2.20. The van der Waals surface area contributed by atoms with E-state index in [0.717, 1.165) is 0 Å². The van der Waals surface area contributed by atoms with Crippen LogP contribution in [0.1, 0.15) is 0 Å². The normalized spacial score (nSPS) is 11.5. The molecule has 0 aromatic carbocycles. The van der Waals surface area contributed by atoms with Crippen LogP contribution in [-0.4, -0.2) is 37.3 Å². The van der Waals surface area contributed by atoms with Gasteiger partial charge in [-0.1, -0.05) is 0 Å². The summed E-state index contributed by atoms with van der Waals surface area (Å²) in [5.74, 6) is 0.0121. The van der Waals surface area contributed by atoms with Crippen molar-refractivity contribution in [1.29, 1.82) is 0 Å². The number of hydrogen-bond donors (Lipinski definition) is 0. The monoisotopic (exact) mass is 357 g/mol. The molecule has 0 amide bonds. The molecule has 0 atom stereocenters. The Morgan fingerprint density at radius 3 is 2.81 bits per heavy atom. The van der Waals surface area contributed by atoms with Crippen molar-refractivity contribution in [1.82, 2.24) is 24.3 Å². The highest BCUT2D eigenvalue weighted by molar-refractivity contribution is 6.03. The zero-order valence-electron chi connectivity index (χ0n) is 13.6. The number of ether oxygens (including phenoxy) is 1. The van der Waals surface area contributed by atoms with E-state index in [4.69, 9.17) is 4.74 Å². The van der Waals surface area contributed by atoms with Crippen LogP contribution < -0.4 is 10.3 Å². The number of aryl methyl sites for hydroxylation is 1. The van der Waals surface area contributed by atoms with Gasteiger partial charge in [0.05, 0.1) is 11.9 Å². The maximum Gasteiger partial charge on any atom is 0.285 e. The zero-order valence-corrected chi connectivity index (χ0v) is 13.6. The van der Waals surface area contributed by atoms with Crippen LogP contribution in [0.2, 0.25) is 0 Å². The predicted molar refractivity (Wildman–Crippen MR) is 90.9 cm³/mol. The molecule has 0 aliphatic rings. The van der Waals surface area contributed by atoms with Crippen LogP contribution in [0.15, 0.2) is 47.7 Å². The molecular formula is C17H13F2N5O2. The molecule has 132 valence electrons. The average molecular weight is 357 g/mol. The first kappa shape index (κ1) is 16.1. The van der Waals surface area contributed by atoms with E-state index < -0.39 is 13.0 Å². The van der Waals surface area contributed by atoms with Gasteiger partial charge in [-0.25, -0.2) is 8.78 Å². The summed E-state index contributed by atoms with van der Waals surface area (Å²) in [6.07, 6.45) is 2.20. The van der Waals surface area contributed by atoms with E-state index in [-0.39, 0.29) is 22.6 Å². The third kappa shape index (κ3) is 2.67. The molecule has 0 aliphatic heterocycles. The Kier molecular flexibility index (Phi) is 3.83. The summed E-state index contributed by atoms with van der Waals surface area (Å²) in [7, 11) is 1.72. The van der Waals surface area contributed by atoms with Crippen molar-refractivity contribution in [3.05, 3.63) is 53.2 Å². The van der Waals surface area contributed by atoms with Crippen LogP contribution in [-0.2, 0) is 7.05 Å². The van der Waals surface area contributed by atoms with Crippen LogP contribution in [0.3, 0.4) is 0 Å². The minimum absolute atomic E-state index is 0.0121. The summed E-state index contributed by atoms with van der Waals surface area (Å²) >= 11 is 0. The smallest absolute Gasteiger partial charge is 0.285 e. The van der Waals surface area contributed by atoms with Crippen molar-refractivity contribution >= 4 is 21.9 Å². The SMILES string of the molecule is Cn1cc2c(n1)c(=O)n(-c1cccnc1)c1nc(OCC(F)F)ccc21. The van der Waals surface area contributed by atoms with Crippen molar-refractivity contribution in [3.63, 3.8) is 0 Å². The molecule has 0 fully saturated rings. The maximum absolute atomic E-state index is 13.0. The fourth-order valence-corrected chi connectivity index (χ4v) is 2.81. The molecule has 4 rings (SSSR count). The third-order valence-electron chi connectivity index (χ3n) is 3.85. The molecule has 0 bridgehead atoms. The maximum atomic E-state index is 13.0. The highest BCUT2D eigenvalue weighted by Gasteiger charge is 2.17. The van der Waals surface area contributed by atoms with Crippen molar-refractivity contribution < 1.29 is 13.5 Å². The molecule has 0 unspecified atom stereocenters. The number of nitrogens with zero attached hydrogens (tertiary/aromatic N) is 5. The summed E-state index contributed by atoms with van der Waals surface area (Å²) in [6, 6.07) is 6.57. The van der Waals surface area contributed by atoms with Crippen molar-refractivity contribution in [2.24, 2.45) is 7.05 Å². The van der Waals surface area contributed by atoms with Crippen LogP contribution in [0, 0.1) is 0 Å². The summed E-state index contributed by atoms with van der Waals surface area (Å²) in [6.45, 7) is -0.773. The fraction of sp³-hybridized carbons (Fsp3) is 0.176. The van der Waals surface area contributed by atoms with E-state index in [9.17, 15) is 13.6 Å². The Hall–Kier alpha value is -3.36. The molecule has 4 aromatic heterocycles. The Labute approximate surface area is 145 Å². The van der Waals surface area contributed by atoms with Crippen LogP contribution in [0.4, 0.5) is 8.78 Å². The Morgan fingerprint density at radius 2 is 2.08 bits per heavy atom. The minimum Gasteiger partial charge on any atom is -0.472 e. The minimum atomic E-state index is -2.62. The first-order valence-corrected chi connectivity index (χ1v) is 7.75. The van der Waals surface area contributed by atoms with Gasteiger partial charge in [0.2, 0.25) is 5.88 Å². The van der Waals surface area contributed by atoms with Crippen LogP contribution in [0.25, 0.3) is 27.6 Å². The summed E-state index contributed by atoms with van der Waals surface area (Å²) in [4.78, 5) is 21.3. The van der Waals surface area contributed by atoms with Gasteiger partial charge >= 0.3 is 0 Å². The summed E-state index contributed by atoms with van der Waals surface area (Å²) < 4.78 is 32.8. The first-order chi connectivity index (χ1) is 12.5. The molecule has 0 N–H and O–H groups in total. The number of alkyl halides is 2. The van der Waals surface area contributed by atoms with Gasteiger partial charge < -0.3 is 4.74 Å². The highest BCUT2D eigenvalue weighted by atomic mass is 19.3. The average Bonchev–Trinajstić information content (AvgIpc) is 3.03. The summed E-state index contributed by atoms with van der Waals surface area (Å²) in [5, 5.41) is 5.51. The van der Waals surface area contributed by atoms with E-state index >= 15 is 0 Å². The Balaban J connectivity index is 2.05. The predicted octanol–water partition coefficient (Wildman–Crippen LogP) is 2.31. The molecule has 26 heavy (non-hydrogen) atoms. The quantitative estimate of drug-likeness (QED) is 0.560. The number of pyridine rings is 3. The van der Waals surface area contributed by atoms with Gasteiger partial charge in [0, 0.05) is 36.3 Å². The Bertz CT molecular complexity index is 1150. The summed E-state index contributed by atoms with van der Waals surface area (Å²) in [5.41, 5.74) is 0.690. The van der Waals surface area contributed by atoms with Gasteiger partial charge in [0.15, 0.2) is 17.8 Å². The standard InChI is InChI=1S/C17H13F2N5O2/c1-23-8-12-11-4-5-14(26-9-13(18)19)21-16(11)24(17(25)15(12)22-23)10-3-2-6-20-7-10/h2-8,13H,9H2,1H3. The number of rotatable bonds is 4. The molecule has 0 saturated carbocycles. The second kappa shape index (κ2) is 6.17.